The van der Waals surface area contributed by atoms with E-state index in [1.54, 1.807) is 4.90 Å². The molecule has 0 saturated heterocycles. The summed E-state index contributed by atoms with van der Waals surface area (Å²) in [6.07, 6.45) is -9.14. The third kappa shape index (κ3) is 7.17. The molecular weight excluding hydrogens is 877 g/mol. The lowest BCUT2D eigenvalue weighted by Crippen LogP contribution is -2.12. The average molecular weight is 914 g/mol. The van der Waals surface area contributed by atoms with Gasteiger partial charge in [0.1, 0.15) is 0 Å². The van der Waals surface area contributed by atoms with Crippen LogP contribution in [-0.2, 0) is 12.4 Å². The van der Waals surface area contributed by atoms with Crippen LogP contribution in [0.3, 0.4) is 0 Å². The number of fused-ring (bicyclic) bond motifs is 4. The Bertz CT molecular complexity index is 3730. The third-order valence-corrected chi connectivity index (χ3v) is 13.1. The Morgan fingerprint density at radius 1 is 0.333 bits per heavy atom. The van der Waals surface area contributed by atoms with Gasteiger partial charge in [-0.2, -0.15) is 26.3 Å². The molecule has 9 heteroatoms. The molecule has 0 spiro atoms. The van der Waals surface area contributed by atoms with Gasteiger partial charge in [0.25, 0.3) is 0 Å². The van der Waals surface area contributed by atoms with Gasteiger partial charge in [0.2, 0.25) is 0 Å². The van der Waals surface area contributed by atoms with Crippen LogP contribution in [0.4, 0.5) is 60.5 Å². The topological polar surface area (TPSA) is 11.4 Å². The molecule has 0 saturated carbocycles. The van der Waals surface area contributed by atoms with Crippen molar-refractivity contribution in [3.8, 4) is 16.8 Å². The monoisotopic (exact) mass is 913 g/mol. The second kappa shape index (κ2) is 16.1. The lowest BCUT2D eigenvalue weighted by atomic mass is 9.89. The molecule has 12 aromatic rings. The van der Waals surface area contributed by atoms with Gasteiger partial charge in [0.05, 0.1) is 22.2 Å². The van der Waals surface area contributed by atoms with Gasteiger partial charge in [-0.25, -0.2) is 0 Å². The molecule has 12 rings (SSSR count). The van der Waals surface area contributed by atoms with Gasteiger partial charge in [-0.3, -0.25) is 0 Å². The van der Waals surface area contributed by atoms with Crippen LogP contribution in [0.15, 0.2) is 224 Å². The molecule has 3 nitrogen and oxygen atoms in total. The summed E-state index contributed by atoms with van der Waals surface area (Å²) < 4.78 is 84.8. The average Bonchev–Trinajstić information content (AvgIpc) is 3.70. The highest BCUT2D eigenvalue weighted by Gasteiger charge is 2.32. The number of nitrogens with zero attached hydrogens (tertiary/aromatic N) is 3. The molecule has 0 radical (unpaired) electrons. The predicted octanol–water partition coefficient (Wildman–Crippen LogP) is 18.3. The van der Waals surface area contributed by atoms with Crippen molar-refractivity contribution in [2.24, 2.45) is 0 Å². The number of rotatable bonds is 8. The SMILES string of the molecule is FC(F)(F)c1ccc(N(c2ccc(C(F)(F)F)cc2)c2ccc3c(c2)c2cc4ccc5c(-c6ccc(N(c7ccccc7)c7ccccc7)cc6)ccc6ccc(c4c65)c2n3-c2ccccc2)cc1. The molecule has 0 atom stereocenters. The number of alkyl halides is 6. The van der Waals surface area contributed by atoms with Crippen LogP contribution < -0.4 is 9.80 Å². The molecular formula is C60H37F6N3. The summed E-state index contributed by atoms with van der Waals surface area (Å²) in [5, 5.41) is 8.36. The Morgan fingerprint density at radius 3 is 1.35 bits per heavy atom. The zero-order chi connectivity index (χ0) is 47.0. The molecule has 0 amide bonds. The van der Waals surface area contributed by atoms with Gasteiger partial charge in [-0.1, -0.05) is 103 Å². The highest BCUT2D eigenvalue weighted by atomic mass is 19.4. The number of aromatic nitrogens is 1. The maximum absolute atomic E-state index is 13.8. The van der Waals surface area contributed by atoms with Gasteiger partial charge in [0.15, 0.2) is 0 Å². The van der Waals surface area contributed by atoms with E-state index < -0.39 is 23.5 Å². The van der Waals surface area contributed by atoms with Crippen molar-refractivity contribution in [2.75, 3.05) is 9.80 Å². The molecule has 69 heavy (non-hydrogen) atoms. The normalized spacial score (nSPS) is 12.2. The molecule has 1 heterocycles. The van der Waals surface area contributed by atoms with E-state index in [-0.39, 0.29) is 0 Å². The number of hydrogen-bond acceptors (Lipinski definition) is 2. The van der Waals surface area contributed by atoms with E-state index >= 15 is 0 Å². The van der Waals surface area contributed by atoms with Crippen LogP contribution >= 0.6 is 0 Å². The first kappa shape index (κ1) is 41.8. The summed E-state index contributed by atoms with van der Waals surface area (Å²) in [4.78, 5) is 3.93. The smallest absolute Gasteiger partial charge is 0.311 e. The summed E-state index contributed by atoms with van der Waals surface area (Å²) in [5.74, 6) is 0. The summed E-state index contributed by atoms with van der Waals surface area (Å²) >= 11 is 0. The molecule has 0 aliphatic heterocycles. The number of anilines is 6. The quantitative estimate of drug-likeness (QED) is 0.111. The van der Waals surface area contributed by atoms with Gasteiger partial charge < -0.3 is 14.4 Å². The van der Waals surface area contributed by atoms with Gasteiger partial charge in [-0.05, 0) is 159 Å². The standard InChI is InChI=1S/C60H37F6N3/c61-59(62,63)41-21-27-47(28-22-41)68(48-29-23-42(24-30-48)60(64,65)66)49-31-35-55-53(37-49)54-36-40-20-33-51-50(32-18-39-19-34-52(57(40)56(39)51)58(54)69(55)45-14-8-3-9-15-45)38-16-25-46(26-17-38)67(43-10-4-1-5-11-43)44-12-6-2-7-13-44/h1-37H. The van der Waals surface area contributed by atoms with Crippen molar-refractivity contribution in [1.29, 1.82) is 0 Å². The first-order chi connectivity index (χ1) is 33.5. The van der Waals surface area contributed by atoms with Gasteiger partial charge in [-0.15, -0.1) is 0 Å². The Morgan fingerprint density at radius 2 is 0.783 bits per heavy atom. The van der Waals surface area contributed by atoms with E-state index in [9.17, 15) is 26.3 Å². The summed E-state index contributed by atoms with van der Waals surface area (Å²) in [5.41, 5.74) is 7.75. The van der Waals surface area contributed by atoms with Crippen molar-refractivity contribution < 1.29 is 26.3 Å². The molecule has 11 aromatic carbocycles. The second-order valence-corrected chi connectivity index (χ2v) is 17.2. The maximum Gasteiger partial charge on any atom is 0.416 e. The van der Waals surface area contributed by atoms with Gasteiger partial charge >= 0.3 is 12.4 Å². The van der Waals surface area contributed by atoms with E-state index in [0.29, 0.717) is 17.1 Å². The van der Waals surface area contributed by atoms with Crippen LogP contribution in [0, 0.1) is 0 Å². The number of benzene rings is 11. The van der Waals surface area contributed by atoms with Crippen LogP contribution in [0.1, 0.15) is 11.1 Å². The summed E-state index contributed by atoms with van der Waals surface area (Å²) in [6.45, 7) is 0. The number of para-hydroxylation sites is 3. The molecule has 334 valence electrons. The minimum atomic E-state index is -4.57. The fraction of sp³-hybridized carbons (Fsp3) is 0.0333. The molecule has 1 aromatic heterocycles. The van der Waals surface area contributed by atoms with Crippen molar-refractivity contribution in [2.45, 2.75) is 12.4 Å². The summed E-state index contributed by atoms with van der Waals surface area (Å²) in [6, 6.07) is 69.8. The largest absolute Gasteiger partial charge is 0.416 e. The van der Waals surface area contributed by atoms with Gasteiger partial charge in [0, 0.05) is 56.0 Å². The van der Waals surface area contributed by atoms with E-state index in [1.165, 1.54) is 24.3 Å². The molecule has 0 unspecified atom stereocenters. The minimum absolute atomic E-state index is 0.353. The van der Waals surface area contributed by atoms with Crippen LogP contribution in [0.5, 0.6) is 0 Å². The van der Waals surface area contributed by atoms with E-state index in [1.807, 2.05) is 72.8 Å². The Kier molecular flexibility index (Phi) is 9.74. The van der Waals surface area contributed by atoms with Crippen LogP contribution in [0.2, 0.25) is 0 Å². The summed E-state index contributed by atoms with van der Waals surface area (Å²) in [7, 11) is 0. The molecule has 0 aliphatic rings. The lowest BCUT2D eigenvalue weighted by molar-refractivity contribution is -0.138. The maximum atomic E-state index is 13.8. The van der Waals surface area contributed by atoms with E-state index in [0.717, 1.165) is 112 Å². The van der Waals surface area contributed by atoms with Crippen LogP contribution in [-0.4, -0.2) is 4.57 Å². The van der Waals surface area contributed by atoms with E-state index in [2.05, 4.69) is 113 Å². The first-order valence-electron chi connectivity index (χ1n) is 22.4. The minimum Gasteiger partial charge on any atom is -0.311 e. The second-order valence-electron chi connectivity index (χ2n) is 17.2. The Labute approximate surface area is 392 Å². The van der Waals surface area contributed by atoms with Crippen molar-refractivity contribution in [3.05, 3.63) is 236 Å². The fourth-order valence-electron chi connectivity index (χ4n) is 10.0. The Balaban J connectivity index is 1.04. The molecule has 0 fully saturated rings. The fourth-order valence-corrected chi connectivity index (χ4v) is 10.0. The molecule has 0 bridgehead atoms. The number of hydrogen-bond donors (Lipinski definition) is 0. The zero-order valence-corrected chi connectivity index (χ0v) is 36.5. The molecule has 0 N–H and O–H groups in total. The molecule has 0 aliphatic carbocycles. The zero-order valence-electron chi connectivity index (χ0n) is 36.5. The number of halogens is 6. The first-order valence-corrected chi connectivity index (χ1v) is 22.4. The van der Waals surface area contributed by atoms with Crippen LogP contribution in [0.25, 0.3) is 70.9 Å². The van der Waals surface area contributed by atoms with Crippen molar-refractivity contribution >= 4 is 88.2 Å². The third-order valence-electron chi connectivity index (χ3n) is 13.1. The predicted molar refractivity (Wildman–Crippen MR) is 269 cm³/mol. The highest BCUT2D eigenvalue weighted by Crippen LogP contribution is 2.47. The Hall–Kier alpha value is -8.56. The highest BCUT2D eigenvalue weighted by molar-refractivity contribution is 6.33. The van der Waals surface area contributed by atoms with Crippen molar-refractivity contribution in [3.63, 3.8) is 0 Å². The lowest BCUT2D eigenvalue weighted by Gasteiger charge is -2.26. The van der Waals surface area contributed by atoms with Crippen molar-refractivity contribution in [1.82, 2.24) is 4.57 Å². The van der Waals surface area contributed by atoms with E-state index in [4.69, 9.17) is 0 Å².